The Morgan fingerprint density at radius 2 is 2.16 bits per heavy atom. The predicted molar refractivity (Wildman–Crippen MR) is 75.0 cm³/mol. The molecule has 1 unspecified atom stereocenters. The fourth-order valence-corrected chi connectivity index (χ4v) is 2.03. The summed E-state index contributed by atoms with van der Waals surface area (Å²) in [4.78, 5) is 11.9. The van der Waals surface area contributed by atoms with E-state index in [0.29, 0.717) is 22.8 Å². The largest absolute Gasteiger partial charge is 0.369 e. The van der Waals surface area contributed by atoms with Gasteiger partial charge < -0.3 is 10.6 Å². The van der Waals surface area contributed by atoms with Crippen molar-refractivity contribution in [3.63, 3.8) is 0 Å². The second-order valence-corrected chi connectivity index (χ2v) is 5.83. The van der Waals surface area contributed by atoms with E-state index in [9.17, 15) is 4.79 Å². The van der Waals surface area contributed by atoms with E-state index in [-0.39, 0.29) is 5.91 Å². The molecule has 1 aromatic heterocycles. The molecule has 1 amide bonds. The summed E-state index contributed by atoms with van der Waals surface area (Å²) < 4.78 is 0. The average molecular weight is 262 g/mol. The second kappa shape index (κ2) is 5.55. The van der Waals surface area contributed by atoms with Crippen LogP contribution in [0.5, 0.6) is 0 Å². The Morgan fingerprint density at radius 3 is 2.68 bits per heavy atom. The van der Waals surface area contributed by atoms with Crippen molar-refractivity contribution in [2.24, 2.45) is 11.3 Å². The highest BCUT2D eigenvalue weighted by molar-refractivity contribution is 5.92. The van der Waals surface area contributed by atoms with Crippen LogP contribution in [0.2, 0.25) is 0 Å². The number of hydrogen-bond donors (Lipinski definition) is 2. The lowest BCUT2D eigenvalue weighted by Crippen LogP contribution is -2.27. The fourth-order valence-electron chi connectivity index (χ4n) is 2.03. The minimum Gasteiger partial charge on any atom is -0.369 e. The smallest absolute Gasteiger partial charge is 0.271 e. The zero-order valence-electron chi connectivity index (χ0n) is 11.9. The van der Waals surface area contributed by atoms with Gasteiger partial charge in [-0.05, 0) is 36.3 Å². The lowest BCUT2D eigenvalue weighted by molar-refractivity contribution is 0.0944. The first-order valence-electron chi connectivity index (χ1n) is 6.88. The van der Waals surface area contributed by atoms with E-state index in [4.69, 9.17) is 0 Å². The molecule has 1 saturated carbocycles. The molecule has 104 valence electrons. The molecule has 0 aromatic carbocycles. The van der Waals surface area contributed by atoms with E-state index < -0.39 is 0 Å². The third kappa shape index (κ3) is 3.66. The number of nitrogens with zero attached hydrogens (tertiary/aromatic N) is 2. The summed E-state index contributed by atoms with van der Waals surface area (Å²) >= 11 is 0. The highest BCUT2D eigenvalue weighted by Gasteiger charge is 2.45. The van der Waals surface area contributed by atoms with E-state index >= 15 is 0 Å². The molecule has 1 aliphatic rings. The average Bonchev–Trinajstić information content (AvgIpc) is 3.02. The van der Waals surface area contributed by atoms with Gasteiger partial charge in [-0.25, -0.2) is 0 Å². The first kappa shape index (κ1) is 13.8. The van der Waals surface area contributed by atoms with Crippen molar-refractivity contribution in [3.05, 3.63) is 17.8 Å². The van der Waals surface area contributed by atoms with Crippen molar-refractivity contribution in [1.82, 2.24) is 15.5 Å². The van der Waals surface area contributed by atoms with Gasteiger partial charge in [-0.1, -0.05) is 20.8 Å². The zero-order chi connectivity index (χ0) is 13.9. The van der Waals surface area contributed by atoms with Crippen molar-refractivity contribution < 1.29 is 4.79 Å². The Hall–Kier alpha value is -1.65. The van der Waals surface area contributed by atoms with Gasteiger partial charge in [0.2, 0.25) is 0 Å². The van der Waals surface area contributed by atoms with Gasteiger partial charge in [0.05, 0.1) is 0 Å². The van der Waals surface area contributed by atoms with Crippen LogP contribution in [0.4, 0.5) is 5.82 Å². The quantitative estimate of drug-likeness (QED) is 0.823. The van der Waals surface area contributed by atoms with Crippen LogP contribution in [0.3, 0.4) is 0 Å². The number of aromatic nitrogens is 2. The molecule has 1 aromatic rings. The van der Waals surface area contributed by atoms with E-state index in [1.807, 2.05) is 0 Å². The van der Waals surface area contributed by atoms with Crippen LogP contribution in [0.25, 0.3) is 0 Å². The summed E-state index contributed by atoms with van der Waals surface area (Å²) in [5.41, 5.74) is 0.757. The molecule has 0 bridgehead atoms. The van der Waals surface area contributed by atoms with E-state index in [0.717, 1.165) is 19.5 Å². The highest BCUT2D eigenvalue weighted by Crippen LogP contribution is 2.50. The van der Waals surface area contributed by atoms with Gasteiger partial charge in [0.1, 0.15) is 5.82 Å². The number of carbonyl (C=O) groups excluding carboxylic acids is 1. The number of rotatable bonds is 6. The van der Waals surface area contributed by atoms with Crippen LogP contribution in [-0.4, -0.2) is 29.2 Å². The van der Waals surface area contributed by atoms with Gasteiger partial charge in [0.15, 0.2) is 5.69 Å². The van der Waals surface area contributed by atoms with Crippen molar-refractivity contribution >= 4 is 11.7 Å². The van der Waals surface area contributed by atoms with Gasteiger partial charge in [0.25, 0.3) is 5.91 Å². The minimum atomic E-state index is -0.141. The topological polar surface area (TPSA) is 66.9 Å². The summed E-state index contributed by atoms with van der Waals surface area (Å²) in [6, 6.07) is 3.50. The summed E-state index contributed by atoms with van der Waals surface area (Å²) in [5.74, 6) is 1.16. The van der Waals surface area contributed by atoms with Crippen LogP contribution in [0.15, 0.2) is 12.1 Å². The summed E-state index contributed by atoms with van der Waals surface area (Å²) in [5, 5.41) is 14.0. The Morgan fingerprint density at radius 1 is 1.42 bits per heavy atom. The standard InChI is InChI=1S/C14H22N4O/c1-4-7-15-12-6-5-11(17-18-12)13(19)16-9-10-8-14(10,2)3/h5-6,10H,4,7-9H2,1-3H3,(H,15,18)(H,16,19). The molecule has 0 aliphatic heterocycles. The van der Waals surface area contributed by atoms with Crippen LogP contribution in [0.1, 0.15) is 44.1 Å². The molecule has 0 saturated heterocycles. The molecule has 0 radical (unpaired) electrons. The molecule has 19 heavy (non-hydrogen) atoms. The molecular weight excluding hydrogens is 240 g/mol. The zero-order valence-corrected chi connectivity index (χ0v) is 11.9. The molecular formula is C14H22N4O. The van der Waals surface area contributed by atoms with Crippen LogP contribution >= 0.6 is 0 Å². The van der Waals surface area contributed by atoms with Gasteiger partial charge in [0, 0.05) is 13.1 Å². The lowest BCUT2D eigenvalue weighted by atomic mass is 10.1. The van der Waals surface area contributed by atoms with Crippen molar-refractivity contribution in [2.75, 3.05) is 18.4 Å². The van der Waals surface area contributed by atoms with Crippen molar-refractivity contribution in [2.45, 2.75) is 33.6 Å². The number of hydrogen-bond acceptors (Lipinski definition) is 4. The molecule has 1 fully saturated rings. The summed E-state index contributed by atoms with van der Waals surface area (Å²) in [6.07, 6.45) is 2.21. The first-order chi connectivity index (χ1) is 9.03. The molecule has 2 rings (SSSR count). The maximum atomic E-state index is 11.9. The Bertz CT molecular complexity index is 441. The Labute approximate surface area is 114 Å². The molecule has 0 spiro atoms. The Kier molecular flexibility index (Phi) is 4.02. The number of nitrogens with one attached hydrogen (secondary N) is 2. The van der Waals surface area contributed by atoms with E-state index in [1.54, 1.807) is 12.1 Å². The van der Waals surface area contributed by atoms with Crippen LogP contribution in [0, 0.1) is 11.3 Å². The molecule has 1 aliphatic carbocycles. The lowest BCUT2D eigenvalue weighted by Gasteiger charge is -2.06. The Balaban J connectivity index is 1.82. The first-order valence-corrected chi connectivity index (χ1v) is 6.88. The van der Waals surface area contributed by atoms with Gasteiger partial charge in [-0.15, -0.1) is 10.2 Å². The SMILES string of the molecule is CCCNc1ccc(C(=O)NCC2CC2(C)C)nn1. The predicted octanol–water partition coefficient (Wildman–Crippen LogP) is 2.07. The van der Waals surface area contributed by atoms with Gasteiger partial charge in [-0.2, -0.15) is 0 Å². The maximum Gasteiger partial charge on any atom is 0.271 e. The third-order valence-corrected chi connectivity index (χ3v) is 3.68. The van der Waals surface area contributed by atoms with Crippen molar-refractivity contribution in [3.8, 4) is 0 Å². The van der Waals surface area contributed by atoms with E-state index in [2.05, 4.69) is 41.6 Å². The monoisotopic (exact) mass is 262 g/mol. The molecule has 5 heteroatoms. The maximum absolute atomic E-state index is 11.9. The number of amides is 1. The summed E-state index contributed by atoms with van der Waals surface area (Å²) in [6.45, 7) is 8.11. The molecule has 2 N–H and O–H groups in total. The third-order valence-electron chi connectivity index (χ3n) is 3.68. The van der Waals surface area contributed by atoms with Crippen LogP contribution < -0.4 is 10.6 Å². The fraction of sp³-hybridized carbons (Fsp3) is 0.643. The highest BCUT2D eigenvalue weighted by atomic mass is 16.1. The van der Waals surface area contributed by atoms with Crippen LogP contribution in [-0.2, 0) is 0 Å². The second-order valence-electron chi connectivity index (χ2n) is 5.83. The molecule has 5 nitrogen and oxygen atoms in total. The summed E-state index contributed by atoms with van der Waals surface area (Å²) in [7, 11) is 0. The number of carbonyl (C=O) groups is 1. The van der Waals surface area contributed by atoms with E-state index in [1.165, 1.54) is 6.42 Å². The molecule has 1 heterocycles. The van der Waals surface area contributed by atoms with Crippen molar-refractivity contribution in [1.29, 1.82) is 0 Å². The van der Waals surface area contributed by atoms with Gasteiger partial charge >= 0.3 is 0 Å². The molecule has 1 atom stereocenters. The number of anilines is 1. The normalized spacial score (nSPS) is 19.8. The minimum absolute atomic E-state index is 0.141. The van der Waals surface area contributed by atoms with Gasteiger partial charge in [-0.3, -0.25) is 4.79 Å².